The predicted molar refractivity (Wildman–Crippen MR) is 280 cm³/mol. The molecule has 0 aliphatic heterocycles. The molecule has 67 heavy (non-hydrogen) atoms. The van der Waals surface area contributed by atoms with Crippen molar-refractivity contribution < 1.29 is 31.7 Å². The number of phenolic OH excluding ortho intramolecular Hbond substituents is 1. The number of hydrogen-bond acceptors (Lipinski definition) is 3. The van der Waals surface area contributed by atoms with E-state index in [0.29, 0.717) is 28.2 Å². The Bertz CT molecular complexity index is 3310. The third-order valence-electron chi connectivity index (χ3n) is 12.6. The largest absolute Gasteiger partial charge is 0.507 e. The van der Waals surface area contributed by atoms with Gasteiger partial charge in [0.2, 0.25) is 0 Å². The zero-order chi connectivity index (χ0) is 51.2. The van der Waals surface area contributed by atoms with Crippen molar-refractivity contribution in [2.45, 2.75) is 131 Å². The summed E-state index contributed by atoms with van der Waals surface area (Å²) in [6, 6.07) is 39.2. The van der Waals surface area contributed by atoms with Gasteiger partial charge in [0.15, 0.2) is 0 Å². The number of imidazole rings is 1. The van der Waals surface area contributed by atoms with E-state index in [1.54, 1.807) is 12.3 Å². The minimum absolute atomic E-state index is 0. The minimum Gasteiger partial charge on any atom is -0.507 e. The number of phenols is 1. The number of rotatable bonds is 6. The molecule has 0 spiro atoms. The molecule has 0 unspecified atom stereocenters. The molecule has 2 heterocycles. The van der Waals surface area contributed by atoms with Crippen molar-refractivity contribution in [1.29, 1.82) is 0 Å². The fourth-order valence-electron chi connectivity index (χ4n) is 8.39. The van der Waals surface area contributed by atoms with Gasteiger partial charge in [-0.1, -0.05) is 200 Å². The zero-order valence-electron chi connectivity index (χ0n) is 46.0. The van der Waals surface area contributed by atoms with E-state index in [9.17, 15) is 5.11 Å². The summed E-state index contributed by atoms with van der Waals surface area (Å²) in [4.78, 5) is 10.5. The van der Waals surface area contributed by atoms with Crippen LogP contribution >= 0.6 is 0 Å². The Kier molecular flexibility index (Phi) is 11.7. The van der Waals surface area contributed by atoms with Gasteiger partial charge in [0.25, 0.3) is 0 Å². The Balaban J connectivity index is 0.00000741. The van der Waals surface area contributed by atoms with Crippen molar-refractivity contribution in [2.24, 2.45) is 0 Å². The van der Waals surface area contributed by atoms with Gasteiger partial charge in [-0.2, -0.15) is 0 Å². The Labute approximate surface area is 420 Å². The van der Waals surface area contributed by atoms with Crippen molar-refractivity contribution in [3.05, 3.63) is 167 Å². The summed E-state index contributed by atoms with van der Waals surface area (Å²) < 4.78 is 38.3. The normalized spacial score (nSPS) is 13.5. The first-order valence-electron chi connectivity index (χ1n) is 25.2. The molecule has 0 saturated heterocycles. The fraction of sp³-hybridized carbons (Fsp3) is 0.323. The van der Waals surface area contributed by atoms with Crippen molar-refractivity contribution in [1.82, 2.24) is 14.5 Å². The Hall–Kier alpha value is -5.57. The molecule has 8 aromatic rings. The van der Waals surface area contributed by atoms with E-state index < -0.39 is 5.41 Å². The van der Waals surface area contributed by atoms with Gasteiger partial charge in [-0.3, -0.25) is 9.55 Å². The molecular formula is C62H68N3OPt-. The number of fused-ring (bicyclic) bond motifs is 1. The van der Waals surface area contributed by atoms with Crippen molar-refractivity contribution in [3.63, 3.8) is 0 Å². The predicted octanol–water partition coefficient (Wildman–Crippen LogP) is 16.7. The molecule has 0 saturated carbocycles. The number of aromatic hydroxyl groups is 1. The Morgan fingerprint density at radius 3 is 1.72 bits per heavy atom. The summed E-state index contributed by atoms with van der Waals surface area (Å²) in [7, 11) is 0. The van der Waals surface area contributed by atoms with Crippen LogP contribution in [0, 0.1) is 6.07 Å². The van der Waals surface area contributed by atoms with E-state index >= 15 is 0 Å². The van der Waals surface area contributed by atoms with Crippen LogP contribution in [0.1, 0.15) is 137 Å². The summed E-state index contributed by atoms with van der Waals surface area (Å²) in [5, 5.41) is 12.6. The van der Waals surface area contributed by atoms with E-state index in [4.69, 9.17) is 15.5 Å². The molecule has 0 radical (unpaired) electrons. The number of aromatic nitrogens is 3. The van der Waals surface area contributed by atoms with Crippen LogP contribution in [-0.2, 0) is 48.1 Å². The molecule has 0 bridgehead atoms. The minimum atomic E-state index is -0.576. The van der Waals surface area contributed by atoms with E-state index in [1.807, 2.05) is 32.9 Å². The third-order valence-corrected chi connectivity index (χ3v) is 12.6. The SMILES string of the molecule is [2H]c1c([2H])c(C(C)(C)C)c([2H])c([2H])c1-c1ccnc(-c2[c-]c(-c3cccc4c3nc(-c3cc(C(C)(C)C)cc(C(C)(C)C)c3O)n4-c3cc(-c4ccccc4)cc(C(C)(C)C)c3)cc(C(C)(C)C)c2)c1.[Pt]. The Morgan fingerprint density at radius 1 is 0.507 bits per heavy atom. The molecule has 2 aromatic heterocycles. The zero-order valence-corrected chi connectivity index (χ0v) is 44.3. The van der Waals surface area contributed by atoms with Crippen LogP contribution in [0.2, 0.25) is 0 Å². The van der Waals surface area contributed by atoms with E-state index in [0.717, 1.165) is 61.2 Å². The molecule has 8 rings (SSSR count). The first kappa shape index (κ1) is 44.0. The van der Waals surface area contributed by atoms with Gasteiger partial charge in [-0.05, 0) is 96.4 Å². The van der Waals surface area contributed by atoms with Crippen LogP contribution in [-0.4, -0.2) is 19.6 Å². The molecule has 5 heteroatoms. The molecule has 0 atom stereocenters. The summed E-state index contributed by atoms with van der Waals surface area (Å²) in [5.41, 5.74) is 12.1. The maximum absolute atomic E-state index is 12.6. The standard InChI is InChI=1S/C62H68N3O.Pt/c1-58(2,3)45-26-24-40(25-27-45)41-28-29-63-53(35-41)44-30-43(32-46(33-44)59(4,5)6)50-22-19-23-54-55(50)64-57(51-37-48(61(10,11)12)38-52(56(51)66)62(13,14)15)65(54)49-34-42(39-20-17-16-18-21-39)31-47(36-49)60(7,8)9;/h16-29,31-38,66H,1-15H3;/q-1;/i24D,25D,26D,27D;. The molecule has 0 aliphatic carbocycles. The van der Waals surface area contributed by atoms with Gasteiger partial charge in [-0.25, -0.2) is 4.98 Å². The maximum Gasteiger partial charge on any atom is 0.148 e. The van der Waals surface area contributed by atoms with Gasteiger partial charge >= 0.3 is 0 Å². The smallest absolute Gasteiger partial charge is 0.148 e. The molecule has 0 amide bonds. The molecule has 0 aliphatic rings. The molecule has 0 fully saturated rings. The summed E-state index contributed by atoms with van der Waals surface area (Å²) in [5.74, 6) is 0.832. The van der Waals surface area contributed by atoms with Gasteiger partial charge < -0.3 is 5.11 Å². The quantitative estimate of drug-likeness (QED) is 0.169. The van der Waals surface area contributed by atoms with Crippen LogP contribution < -0.4 is 0 Å². The number of nitrogens with zero attached hydrogens (tertiary/aromatic N) is 3. The van der Waals surface area contributed by atoms with Gasteiger partial charge in [-0.15, -0.1) is 29.3 Å². The maximum atomic E-state index is 12.6. The summed E-state index contributed by atoms with van der Waals surface area (Å²) >= 11 is 0. The average molecular weight is 1070 g/mol. The van der Waals surface area contributed by atoms with Crippen LogP contribution in [0.15, 0.2) is 133 Å². The van der Waals surface area contributed by atoms with Crippen LogP contribution in [0.25, 0.3) is 72.7 Å². The topological polar surface area (TPSA) is 50.9 Å². The second kappa shape index (κ2) is 17.8. The monoisotopic (exact) mass is 1070 g/mol. The number of hydrogen-bond donors (Lipinski definition) is 1. The van der Waals surface area contributed by atoms with Crippen LogP contribution in [0.3, 0.4) is 0 Å². The molecule has 4 nitrogen and oxygen atoms in total. The fourth-order valence-corrected chi connectivity index (χ4v) is 8.39. The molecule has 348 valence electrons. The third kappa shape index (κ3) is 10.2. The first-order valence-corrected chi connectivity index (χ1v) is 23.2. The molecule has 1 N–H and O–H groups in total. The second-order valence-electron chi connectivity index (χ2n) is 23.1. The van der Waals surface area contributed by atoms with E-state index in [2.05, 4.69) is 179 Å². The van der Waals surface area contributed by atoms with E-state index in [-0.39, 0.29) is 78.2 Å². The Morgan fingerprint density at radius 2 is 1.10 bits per heavy atom. The van der Waals surface area contributed by atoms with E-state index in [1.165, 1.54) is 5.56 Å². The number of para-hydroxylation sites is 1. The second-order valence-corrected chi connectivity index (χ2v) is 23.1. The van der Waals surface area contributed by atoms with Crippen molar-refractivity contribution in [2.75, 3.05) is 0 Å². The number of benzene rings is 6. The van der Waals surface area contributed by atoms with Crippen LogP contribution in [0.5, 0.6) is 5.75 Å². The molecule has 6 aromatic carbocycles. The van der Waals surface area contributed by atoms with Crippen molar-refractivity contribution in [3.8, 4) is 67.5 Å². The van der Waals surface area contributed by atoms with Crippen molar-refractivity contribution >= 4 is 11.0 Å². The number of pyridine rings is 1. The summed E-state index contributed by atoms with van der Waals surface area (Å²) in [6.07, 6.45) is 1.67. The first-order chi connectivity index (χ1) is 32.4. The van der Waals surface area contributed by atoms with Gasteiger partial charge in [0.05, 0.1) is 22.1 Å². The summed E-state index contributed by atoms with van der Waals surface area (Å²) in [6.45, 7) is 32.0. The molecular weight excluding hydrogens is 998 g/mol. The van der Waals surface area contributed by atoms with Gasteiger partial charge in [0.1, 0.15) is 11.6 Å². The van der Waals surface area contributed by atoms with Crippen LogP contribution in [0.4, 0.5) is 0 Å². The average Bonchev–Trinajstić information content (AvgIpc) is 3.66. The van der Waals surface area contributed by atoms with Gasteiger partial charge in [0, 0.05) is 44.2 Å².